The van der Waals surface area contributed by atoms with Crippen LogP contribution in [-0.2, 0) is 15.1 Å². The van der Waals surface area contributed by atoms with Gasteiger partial charge in [-0.1, -0.05) is 6.92 Å². The number of carbonyl (C=O) groups is 1. The van der Waals surface area contributed by atoms with E-state index in [1.807, 2.05) is 0 Å². The molecule has 0 radical (unpaired) electrons. The van der Waals surface area contributed by atoms with Crippen LogP contribution in [0.3, 0.4) is 0 Å². The van der Waals surface area contributed by atoms with E-state index in [4.69, 9.17) is 14.2 Å². The fourth-order valence-electron chi connectivity index (χ4n) is 2.17. The smallest absolute Gasteiger partial charge is 0.309 e. The van der Waals surface area contributed by atoms with Crippen molar-refractivity contribution in [2.45, 2.75) is 51.7 Å². The third-order valence-electron chi connectivity index (χ3n) is 3.21. The van der Waals surface area contributed by atoms with E-state index < -0.39 is 17.2 Å². The van der Waals surface area contributed by atoms with Crippen LogP contribution < -0.4 is 9.47 Å². The summed E-state index contributed by atoms with van der Waals surface area (Å²) in [4.78, 5) is 16.1. The fraction of sp³-hybridized carbons (Fsp3) is 0.625. The molecule has 0 fully saturated rings. The third-order valence-corrected chi connectivity index (χ3v) is 3.21. The minimum atomic E-state index is -1.41. The second kappa shape index (κ2) is 6.96. The second-order valence-electron chi connectivity index (χ2n) is 6.05. The van der Waals surface area contributed by atoms with E-state index in [-0.39, 0.29) is 12.3 Å². The number of aromatic nitrogens is 1. The summed E-state index contributed by atoms with van der Waals surface area (Å²) in [6.45, 7) is 7.14. The molecular weight excluding hydrogens is 286 g/mol. The average Bonchev–Trinajstić information content (AvgIpc) is 2.43. The minimum absolute atomic E-state index is 0.176. The zero-order chi connectivity index (χ0) is 17.0. The van der Waals surface area contributed by atoms with Crippen molar-refractivity contribution < 1.29 is 24.1 Å². The van der Waals surface area contributed by atoms with E-state index in [1.54, 1.807) is 33.8 Å². The highest BCUT2D eigenvalue weighted by molar-refractivity contribution is 5.72. The number of esters is 1. The molecule has 0 unspecified atom stereocenters. The van der Waals surface area contributed by atoms with Gasteiger partial charge in [0.15, 0.2) is 5.75 Å². The first-order chi connectivity index (χ1) is 10.2. The molecule has 0 aliphatic heterocycles. The molecule has 6 nitrogen and oxygen atoms in total. The fourth-order valence-corrected chi connectivity index (χ4v) is 2.17. The van der Waals surface area contributed by atoms with E-state index in [9.17, 15) is 9.90 Å². The van der Waals surface area contributed by atoms with E-state index in [0.717, 1.165) is 0 Å². The van der Waals surface area contributed by atoms with Gasteiger partial charge in [-0.3, -0.25) is 4.79 Å². The van der Waals surface area contributed by atoms with Crippen molar-refractivity contribution in [3.8, 4) is 11.6 Å². The molecule has 0 bridgehead atoms. The molecule has 1 N–H and O–H groups in total. The molecule has 22 heavy (non-hydrogen) atoms. The van der Waals surface area contributed by atoms with Crippen molar-refractivity contribution in [3.63, 3.8) is 0 Å². The molecule has 0 spiro atoms. The highest BCUT2D eigenvalue weighted by Gasteiger charge is 2.36. The largest absolute Gasteiger partial charge is 0.491 e. The Balaban J connectivity index is 3.16. The van der Waals surface area contributed by atoms with Crippen LogP contribution in [0.15, 0.2) is 12.3 Å². The number of hydrogen-bond donors (Lipinski definition) is 1. The Kier molecular flexibility index (Phi) is 5.77. The highest BCUT2D eigenvalue weighted by Crippen LogP contribution is 2.39. The molecule has 124 valence electrons. The van der Waals surface area contributed by atoms with Crippen LogP contribution in [0.2, 0.25) is 0 Å². The lowest BCUT2D eigenvalue weighted by Gasteiger charge is -2.29. The highest BCUT2D eigenvalue weighted by atomic mass is 16.6. The van der Waals surface area contributed by atoms with E-state index in [0.29, 0.717) is 17.7 Å². The molecule has 0 aliphatic carbocycles. The molecule has 0 saturated carbocycles. The van der Waals surface area contributed by atoms with Gasteiger partial charge in [-0.05, 0) is 33.3 Å². The van der Waals surface area contributed by atoms with Crippen molar-refractivity contribution >= 4 is 5.97 Å². The maximum absolute atomic E-state index is 12.1. The number of carbonyl (C=O) groups excluding carboxylic acids is 1. The quantitative estimate of drug-likeness (QED) is 0.813. The molecule has 1 rings (SSSR count). The first-order valence-corrected chi connectivity index (χ1v) is 7.18. The molecule has 0 aliphatic rings. The lowest BCUT2D eigenvalue weighted by molar-refractivity contribution is -0.161. The van der Waals surface area contributed by atoms with E-state index in [1.165, 1.54) is 20.4 Å². The lowest BCUT2D eigenvalue weighted by Crippen LogP contribution is -2.33. The Hall–Kier alpha value is -1.82. The molecule has 1 aromatic heterocycles. The molecule has 6 heteroatoms. The first kappa shape index (κ1) is 18.2. The van der Waals surface area contributed by atoms with Gasteiger partial charge in [0.05, 0.1) is 20.6 Å². The maximum Gasteiger partial charge on any atom is 0.309 e. The van der Waals surface area contributed by atoms with Crippen LogP contribution in [0.4, 0.5) is 0 Å². The topological polar surface area (TPSA) is 77.9 Å². The standard InChI is InChI=1S/C16H25NO5/c1-7-16(19,10-12(18)22-15(2,3)4)11-8-9-17-14(21-6)13(11)20-5/h8-9,19H,7,10H2,1-6H3/t16-/m1/s1. The Morgan fingerprint density at radius 2 is 1.91 bits per heavy atom. The Bertz CT molecular complexity index is 524. The Morgan fingerprint density at radius 3 is 2.36 bits per heavy atom. The summed E-state index contributed by atoms with van der Waals surface area (Å²) in [6.07, 6.45) is 1.65. The normalized spacial score (nSPS) is 14.1. The van der Waals surface area contributed by atoms with Crippen LogP contribution in [0.1, 0.15) is 46.1 Å². The number of methoxy groups -OCH3 is 2. The molecular formula is C16H25NO5. The summed E-state index contributed by atoms with van der Waals surface area (Å²) < 4.78 is 15.7. The van der Waals surface area contributed by atoms with E-state index >= 15 is 0 Å². The van der Waals surface area contributed by atoms with Gasteiger partial charge >= 0.3 is 5.97 Å². The van der Waals surface area contributed by atoms with Crippen LogP contribution in [-0.4, -0.2) is 35.9 Å². The lowest BCUT2D eigenvalue weighted by atomic mass is 9.87. The first-order valence-electron chi connectivity index (χ1n) is 7.18. The number of ether oxygens (including phenoxy) is 3. The van der Waals surface area contributed by atoms with Crippen molar-refractivity contribution in [2.24, 2.45) is 0 Å². The SMILES string of the molecule is CC[C@@](O)(CC(=O)OC(C)(C)C)c1ccnc(OC)c1OC. The van der Waals surface area contributed by atoms with Gasteiger partial charge in [0, 0.05) is 11.8 Å². The Labute approximate surface area is 131 Å². The third kappa shape index (κ3) is 4.34. The predicted molar refractivity (Wildman–Crippen MR) is 82.0 cm³/mol. The van der Waals surface area contributed by atoms with Crippen molar-refractivity contribution in [1.29, 1.82) is 0 Å². The number of aliphatic hydroxyl groups is 1. The molecule has 1 aromatic rings. The van der Waals surface area contributed by atoms with Crippen LogP contribution in [0.25, 0.3) is 0 Å². The number of pyridine rings is 1. The van der Waals surface area contributed by atoms with Gasteiger partial charge in [0.2, 0.25) is 0 Å². The van der Waals surface area contributed by atoms with Gasteiger partial charge in [-0.2, -0.15) is 0 Å². The summed E-state index contributed by atoms with van der Waals surface area (Å²) in [6, 6.07) is 1.62. The summed E-state index contributed by atoms with van der Waals surface area (Å²) in [5, 5.41) is 10.9. The summed E-state index contributed by atoms with van der Waals surface area (Å²) >= 11 is 0. The van der Waals surface area contributed by atoms with Crippen molar-refractivity contribution in [3.05, 3.63) is 17.8 Å². The number of rotatable bonds is 6. The van der Waals surface area contributed by atoms with Gasteiger partial charge in [-0.25, -0.2) is 4.98 Å². The summed E-state index contributed by atoms with van der Waals surface area (Å²) in [5.41, 5.74) is -1.56. The minimum Gasteiger partial charge on any atom is -0.491 e. The second-order valence-corrected chi connectivity index (χ2v) is 6.05. The molecule has 1 atom stereocenters. The van der Waals surface area contributed by atoms with E-state index in [2.05, 4.69) is 4.98 Å². The number of nitrogens with zero attached hydrogens (tertiary/aromatic N) is 1. The molecule has 0 amide bonds. The molecule has 0 aromatic carbocycles. The van der Waals surface area contributed by atoms with Crippen LogP contribution in [0.5, 0.6) is 11.6 Å². The van der Waals surface area contributed by atoms with Gasteiger partial charge in [0.25, 0.3) is 5.88 Å². The monoisotopic (exact) mass is 311 g/mol. The van der Waals surface area contributed by atoms with Crippen molar-refractivity contribution in [2.75, 3.05) is 14.2 Å². The molecule has 0 saturated heterocycles. The number of hydrogen-bond acceptors (Lipinski definition) is 6. The summed E-state index contributed by atoms with van der Waals surface area (Å²) in [5.74, 6) is 0.101. The zero-order valence-electron chi connectivity index (χ0n) is 14.1. The predicted octanol–water partition coefficient (Wildman–Crippen LogP) is 2.43. The van der Waals surface area contributed by atoms with Gasteiger partial charge < -0.3 is 19.3 Å². The maximum atomic E-state index is 12.1. The van der Waals surface area contributed by atoms with Crippen LogP contribution in [0, 0.1) is 0 Å². The zero-order valence-corrected chi connectivity index (χ0v) is 14.1. The van der Waals surface area contributed by atoms with Crippen LogP contribution >= 0.6 is 0 Å². The van der Waals surface area contributed by atoms with Crippen molar-refractivity contribution in [1.82, 2.24) is 4.98 Å². The van der Waals surface area contributed by atoms with Gasteiger partial charge in [0.1, 0.15) is 11.2 Å². The summed E-state index contributed by atoms with van der Waals surface area (Å²) in [7, 11) is 2.93. The average molecular weight is 311 g/mol. The van der Waals surface area contributed by atoms with Gasteiger partial charge in [-0.15, -0.1) is 0 Å². The molecule has 1 heterocycles. The Morgan fingerprint density at radius 1 is 1.27 bits per heavy atom.